The van der Waals surface area contributed by atoms with E-state index in [0.717, 1.165) is 27.6 Å². The van der Waals surface area contributed by atoms with Gasteiger partial charge in [-0.3, -0.25) is 4.79 Å². The number of benzene rings is 2. The molecule has 1 aliphatic heterocycles. The lowest BCUT2D eigenvalue weighted by molar-refractivity contribution is -0.0923. The highest BCUT2D eigenvalue weighted by atomic mass is 32.2. The first-order valence-corrected chi connectivity index (χ1v) is 13.3. The van der Waals surface area contributed by atoms with Crippen molar-refractivity contribution in [3.05, 3.63) is 75.1 Å². The zero-order valence-electron chi connectivity index (χ0n) is 21.1. The molecule has 0 spiro atoms. The number of fused-ring (bicyclic) bond motifs is 1. The van der Waals surface area contributed by atoms with Gasteiger partial charge >= 0.3 is 0 Å². The normalized spacial score (nSPS) is 17.3. The average Bonchev–Trinajstić information content (AvgIpc) is 2.79. The summed E-state index contributed by atoms with van der Waals surface area (Å²) in [7, 11) is -3.90. The van der Waals surface area contributed by atoms with Crippen LogP contribution in [-0.4, -0.2) is 50.2 Å². The Morgan fingerprint density at radius 1 is 1.06 bits per heavy atom. The number of hydrogen-bond acceptors (Lipinski definition) is 5. The minimum Gasteiger partial charge on any atom is -0.376 e. The number of pyridine rings is 1. The molecule has 0 amide bonds. The summed E-state index contributed by atoms with van der Waals surface area (Å²) >= 11 is 0. The maximum absolute atomic E-state index is 13.8. The Hall–Kier alpha value is -2.52. The van der Waals surface area contributed by atoms with E-state index in [1.165, 1.54) is 4.31 Å². The number of rotatable bonds is 6. The number of nitrogens with one attached hydrogen (secondary N) is 1. The molecule has 0 saturated carbocycles. The Labute approximate surface area is 207 Å². The smallest absolute Gasteiger partial charge is 0.252 e. The van der Waals surface area contributed by atoms with Crippen LogP contribution in [0.1, 0.15) is 43.0 Å². The van der Waals surface area contributed by atoms with Crippen LogP contribution in [0, 0.1) is 13.8 Å². The molecule has 0 radical (unpaired) electrons. The summed E-state index contributed by atoms with van der Waals surface area (Å²) in [5, 5.41) is 0.898. The van der Waals surface area contributed by atoms with Crippen LogP contribution in [0.25, 0.3) is 10.9 Å². The Morgan fingerprint density at radius 3 is 2.40 bits per heavy atom. The molecular weight excluding hydrogens is 464 g/mol. The Morgan fingerprint density at radius 2 is 1.77 bits per heavy atom. The van der Waals surface area contributed by atoms with Gasteiger partial charge in [-0.15, -0.1) is 0 Å². The molecule has 1 aromatic heterocycles. The van der Waals surface area contributed by atoms with Gasteiger partial charge in [-0.25, -0.2) is 8.42 Å². The fourth-order valence-electron chi connectivity index (χ4n) is 4.42. The van der Waals surface area contributed by atoms with Crippen molar-refractivity contribution in [2.24, 2.45) is 0 Å². The number of hydrogen-bond donors (Lipinski definition) is 1. The van der Waals surface area contributed by atoms with Crippen LogP contribution in [-0.2, 0) is 31.5 Å². The van der Waals surface area contributed by atoms with Gasteiger partial charge in [0.25, 0.3) is 5.56 Å². The summed E-state index contributed by atoms with van der Waals surface area (Å²) in [6.07, 6.45) is -0.406. The molecule has 3 aromatic rings. The second kappa shape index (κ2) is 9.85. The monoisotopic (exact) mass is 498 g/mol. The fraction of sp³-hybridized carbons (Fsp3) is 0.444. The molecule has 0 unspecified atom stereocenters. The highest BCUT2D eigenvalue weighted by Gasteiger charge is 2.30. The molecule has 2 aromatic carbocycles. The summed E-state index contributed by atoms with van der Waals surface area (Å²) in [5.74, 6) is 0. The molecule has 1 N–H and O–H groups in total. The third kappa shape index (κ3) is 5.67. The minimum atomic E-state index is -3.90. The molecule has 4 rings (SSSR count). The summed E-state index contributed by atoms with van der Waals surface area (Å²) in [4.78, 5) is 16.1. The summed E-state index contributed by atoms with van der Waals surface area (Å²) in [6.45, 7) is 11.4. The van der Waals surface area contributed by atoms with Gasteiger partial charge in [0.1, 0.15) is 0 Å². The van der Waals surface area contributed by atoms with Gasteiger partial charge < -0.3 is 14.5 Å². The van der Waals surface area contributed by atoms with E-state index in [4.69, 9.17) is 9.47 Å². The quantitative estimate of drug-likeness (QED) is 0.554. The van der Waals surface area contributed by atoms with Crippen LogP contribution in [0.4, 0.5) is 0 Å². The van der Waals surface area contributed by atoms with Crippen molar-refractivity contribution in [2.45, 2.75) is 57.6 Å². The molecule has 2 heterocycles. The number of aryl methyl sites for hydroxylation is 2. The van der Waals surface area contributed by atoms with E-state index in [9.17, 15) is 13.2 Å². The van der Waals surface area contributed by atoms with E-state index in [-0.39, 0.29) is 29.0 Å². The molecule has 1 atom stereocenters. The zero-order valence-corrected chi connectivity index (χ0v) is 21.9. The molecule has 0 bridgehead atoms. The highest BCUT2D eigenvalue weighted by Crippen LogP contribution is 2.26. The van der Waals surface area contributed by atoms with E-state index < -0.39 is 16.1 Å². The van der Waals surface area contributed by atoms with E-state index >= 15 is 0 Å². The van der Waals surface area contributed by atoms with Gasteiger partial charge in [0.05, 0.1) is 30.8 Å². The second-order valence-corrected chi connectivity index (χ2v) is 12.2. The first-order valence-electron chi connectivity index (χ1n) is 11.9. The van der Waals surface area contributed by atoms with Crippen LogP contribution in [0.2, 0.25) is 0 Å². The summed E-state index contributed by atoms with van der Waals surface area (Å²) in [5.41, 5.74) is 3.85. The predicted molar refractivity (Wildman–Crippen MR) is 137 cm³/mol. The third-order valence-corrected chi connectivity index (χ3v) is 8.21. The van der Waals surface area contributed by atoms with E-state index in [2.05, 4.69) is 25.8 Å². The Kier molecular flexibility index (Phi) is 7.20. The maximum atomic E-state index is 13.8. The van der Waals surface area contributed by atoms with Crippen molar-refractivity contribution >= 4 is 20.9 Å². The summed E-state index contributed by atoms with van der Waals surface area (Å²) < 4.78 is 40.1. The van der Waals surface area contributed by atoms with Crippen LogP contribution in [0.5, 0.6) is 0 Å². The lowest BCUT2D eigenvalue weighted by Gasteiger charge is -2.29. The number of sulfonamides is 1. The van der Waals surface area contributed by atoms with Gasteiger partial charge in [0, 0.05) is 29.6 Å². The average molecular weight is 499 g/mol. The van der Waals surface area contributed by atoms with E-state index in [0.29, 0.717) is 25.4 Å². The van der Waals surface area contributed by atoms with Crippen molar-refractivity contribution < 1.29 is 17.9 Å². The molecule has 1 aliphatic rings. The SMILES string of the molecule is Cc1cc(C)c2cc(CN(C[C@@H]3COCCO3)S(=O)(=O)c3ccc(C(C)(C)C)cc3)c(=O)[nH]c2c1. The third-order valence-electron chi connectivity index (χ3n) is 6.39. The minimum absolute atomic E-state index is 0.0677. The highest BCUT2D eigenvalue weighted by molar-refractivity contribution is 7.89. The number of H-pyrrole nitrogens is 1. The largest absolute Gasteiger partial charge is 0.376 e. The number of nitrogens with zero attached hydrogens (tertiary/aromatic N) is 1. The molecular formula is C27H34N2O5S. The van der Waals surface area contributed by atoms with E-state index in [1.54, 1.807) is 18.2 Å². The Bertz CT molecular complexity index is 1370. The first-order chi connectivity index (χ1) is 16.4. The molecule has 8 heteroatoms. The standard InChI is InChI=1S/C27H34N2O5S/c1-18-12-19(2)24-14-20(26(30)28-25(24)13-18)15-29(16-22-17-33-10-11-34-22)35(31,32)23-8-6-21(7-9-23)27(3,4)5/h6-9,12-14,22H,10-11,15-17H2,1-5H3,(H,28,30)/t22-/m1/s1. The summed E-state index contributed by atoms with van der Waals surface area (Å²) in [6, 6.07) is 12.7. The number of aromatic nitrogens is 1. The van der Waals surface area contributed by atoms with Gasteiger partial charge in [-0.2, -0.15) is 4.31 Å². The van der Waals surface area contributed by atoms with Gasteiger partial charge in [0.15, 0.2) is 0 Å². The predicted octanol–water partition coefficient (Wildman–Crippen LogP) is 4.05. The molecule has 7 nitrogen and oxygen atoms in total. The van der Waals surface area contributed by atoms with Crippen molar-refractivity contribution in [1.82, 2.24) is 9.29 Å². The van der Waals surface area contributed by atoms with Crippen molar-refractivity contribution in [1.29, 1.82) is 0 Å². The van der Waals surface area contributed by atoms with Crippen LogP contribution < -0.4 is 5.56 Å². The van der Waals surface area contributed by atoms with Crippen molar-refractivity contribution in [3.63, 3.8) is 0 Å². The van der Waals surface area contributed by atoms with Gasteiger partial charge in [0.2, 0.25) is 10.0 Å². The van der Waals surface area contributed by atoms with Gasteiger partial charge in [-0.05, 0) is 60.2 Å². The lowest BCUT2D eigenvalue weighted by atomic mass is 9.87. The molecule has 1 fully saturated rings. The molecule has 188 valence electrons. The number of ether oxygens (including phenoxy) is 2. The fourth-order valence-corrected chi connectivity index (χ4v) is 5.87. The molecule has 35 heavy (non-hydrogen) atoms. The maximum Gasteiger partial charge on any atom is 0.252 e. The lowest BCUT2D eigenvalue weighted by Crippen LogP contribution is -2.43. The van der Waals surface area contributed by atoms with Crippen molar-refractivity contribution in [2.75, 3.05) is 26.4 Å². The second-order valence-electron chi connectivity index (χ2n) is 10.3. The Balaban J connectivity index is 1.73. The van der Waals surface area contributed by atoms with Crippen LogP contribution >= 0.6 is 0 Å². The van der Waals surface area contributed by atoms with Crippen molar-refractivity contribution in [3.8, 4) is 0 Å². The first kappa shape index (κ1) is 25.6. The topological polar surface area (TPSA) is 88.7 Å². The zero-order chi connectivity index (χ0) is 25.4. The van der Waals surface area contributed by atoms with E-state index in [1.807, 2.05) is 38.1 Å². The molecule has 1 saturated heterocycles. The molecule has 0 aliphatic carbocycles. The van der Waals surface area contributed by atoms with Crippen LogP contribution in [0.3, 0.4) is 0 Å². The van der Waals surface area contributed by atoms with Gasteiger partial charge in [-0.1, -0.05) is 39.0 Å². The number of aromatic amines is 1. The van der Waals surface area contributed by atoms with Crippen LogP contribution in [0.15, 0.2) is 52.2 Å².